The summed E-state index contributed by atoms with van der Waals surface area (Å²) in [4.78, 5) is 53.2. The quantitative estimate of drug-likeness (QED) is 0.410. The van der Waals surface area contributed by atoms with Crippen LogP contribution in [0.4, 0.5) is 10.5 Å². The van der Waals surface area contributed by atoms with E-state index in [2.05, 4.69) is 21.2 Å². The molecule has 0 atom stereocenters. The van der Waals surface area contributed by atoms with Crippen molar-refractivity contribution >= 4 is 62.4 Å². The number of nitrogens with zero attached hydrogens (tertiary/aromatic N) is 2. The third-order valence-electron chi connectivity index (χ3n) is 5.90. The first-order valence-corrected chi connectivity index (χ1v) is 13.8. The van der Waals surface area contributed by atoms with Gasteiger partial charge >= 0.3 is 0 Å². The van der Waals surface area contributed by atoms with Crippen molar-refractivity contribution in [3.05, 3.63) is 56.9 Å². The Kier molecular flexibility index (Phi) is 9.11. The summed E-state index contributed by atoms with van der Waals surface area (Å²) in [7, 11) is 0. The number of ether oxygens (including phenoxy) is 2. The number of benzene rings is 2. The number of nitrogens with one attached hydrogen (secondary N) is 1. The molecule has 0 saturated carbocycles. The van der Waals surface area contributed by atoms with E-state index in [-0.39, 0.29) is 29.9 Å². The number of carbonyl (C=O) groups is 4. The fourth-order valence-corrected chi connectivity index (χ4v) is 5.53. The van der Waals surface area contributed by atoms with Crippen molar-refractivity contribution in [2.24, 2.45) is 0 Å². The summed E-state index contributed by atoms with van der Waals surface area (Å²) in [6, 6.07) is 10.8. The van der Waals surface area contributed by atoms with Gasteiger partial charge in [0.15, 0.2) is 18.1 Å². The summed E-state index contributed by atoms with van der Waals surface area (Å²) in [6.45, 7) is 4.91. The van der Waals surface area contributed by atoms with Gasteiger partial charge in [0.2, 0.25) is 5.91 Å². The van der Waals surface area contributed by atoms with E-state index in [4.69, 9.17) is 9.47 Å². The number of imide groups is 1. The molecule has 2 aliphatic heterocycles. The molecule has 2 heterocycles. The second kappa shape index (κ2) is 12.5. The zero-order valence-electron chi connectivity index (χ0n) is 21.1. The van der Waals surface area contributed by atoms with Gasteiger partial charge in [0.25, 0.3) is 17.1 Å². The fraction of sp³-hybridized carbons (Fsp3) is 0.333. The largest absolute Gasteiger partial charge is 0.490 e. The van der Waals surface area contributed by atoms with Crippen molar-refractivity contribution in [1.82, 2.24) is 9.80 Å². The van der Waals surface area contributed by atoms with Crippen molar-refractivity contribution in [2.75, 3.05) is 38.2 Å². The van der Waals surface area contributed by atoms with Crippen LogP contribution in [0.5, 0.6) is 11.5 Å². The predicted octanol–water partition coefficient (Wildman–Crippen LogP) is 4.83. The van der Waals surface area contributed by atoms with Gasteiger partial charge in [0.1, 0.15) is 6.54 Å². The highest BCUT2D eigenvalue weighted by Gasteiger charge is 2.37. The molecule has 0 aromatic heterocycles. The molecule has 0 unspecified atom stereocenters. The maximum absolute atomic E-state index is 12.9. The minimum Gasteiger partial charge on any atom is -0.490 e. The van der Waals surface area contributed by atoms with E-state index >= 15 is 0 Å². The zero-order valence-corrected chi connectivity index (χ0v) is 23.5. The lowest BCUT2D eigenvalue weighted by molar-refractivity contribution is -0.135. The van der Waals surface area contributed by atoms with Crippen LogP contribution in [0.2, 0.25) is 0 Å². The summed E-state index contributed by atoms with van der Waals surface area (Å²) in [6.07, 6.45) is 3.44. The molecule has 1 N–H and O–H groups in total. The van der Waals surface area contributed by atoms with Crippen LogP contribution < -0.4 is 14.8 Å². The summed E-state index contributed by atoms with van der Waals surface area (Å²) >= 11 is 4.26. The summed E-state index contributed by atoms with van der Waals surface area (Å²) in [5.74, 6) is -0.339. The van der Waals surface area contributed by atoms with Crippen molar-refractivity contribution in [2.45, 2.75) is 26.7 Å². The highest BCUT2D eigenvalue weighted by atomic mass is 79.9. The molecular weight excluding hydrogens is 574 g/mol. The van der Waals surface area contributed by atoms with Crippen LogP contribution in [0.3, 0.4) is 0 Å². The van der Waals surface area contributed by atoms with Gasteiger partial charge in [-0.25, -0.2) is 0 Å². The van der Waals surface area contributed by atoms with E-state index in [1.165, 1.54) is 0 Å². The number of rotatable bonds is 9. The van der Waals surface area contributed by atoms with Crippen LogP contribution >= 0.6 is 27.7 Å². The van der Waals surface area contributed by atoms with E-state index in [0.29, 0.717) is 46.9 Å². The molecule has 2 aromatic carbocycles. The summed E-state index contributed by atoms with van der Waals surface area (Å²) in [5.41, 5.74) is 2.29. The Morgan fingerprint density at radius 3 is 2.61 bits per heavy atom. The number of hydrogen-bond donors (Lipinski definition) is 1. The molecule has 2 fully saturated rings. The first-order chi connectivity index (χ1) is 18.2. The Morgan fingerprint density at radius 1 is 1.13 bits per heavy atom. The molecule has 4 rings (SSSR count). The molecule has 200 valence electrons. The minimum atomic E-state index is -0.505. The van der Waals surface area contributed by atoms with Gasteiger partial charge < -0.3 is 19.7 Å². The average molecular weight is 603 g/mol. The van der Waals surface area contributed by atoms with Gasteiger partial charge in [-0.15, -0.1) is 0 Å². The van der Waals surface area contributed by atoms with E-state index in [9.17, 15) is 19.2 Å². The lowest BCUT2D eigenvalue weighted by atomic mass is 10.2. The van der Waals surface area contributed by atoms with E-state index < -0.39 is 11.1 Å². The zero-order chi connectivity index (χ0) is 27.2. The molecule has 2 saturated heterocycles. The molecule has 11 heteroatoms. The molecule has 0 spiro atoms. The Bertz CT molecular complexity index is 1290. The maximum Gasteiger partial charge on any atom is 0.294 e. The van der Waals surface area contributed by atoms with Gasteiger partial charge in [-0.05, 0) is 95.8 Å². The molecule has 0 aliphatic carbocycles. The van der Waals surface area contributed by atoms with Crippen LogP contribution in [-0.4, -0.2) is 65.6 Å². The third kappa shape index (κ3) is 6.76. The summed E-state index contributed by atoms with van der Waals surface area (Å²) < 4.78 is 12.0. The highest BCUT2D eigenvalue weighted by molar-refractivity contribution is 9.10. The van der Waals surface area contributed by atoms with E-state index in [1.807, 2.05) is 32.0 Å². The molecule has 9 nitrogen and oxygen atoms in total. The number of aryl methyl sites for hydroxylation is 1. The molecule has 4 amide bonds. The topological polar surface area (TPSA) is 105 Å². The fourth-order valence-electron chi connectivity index (χ4n) is 4.12. The van der Waals surface area contributed by atoms with Crippen molar-refractivity contribution in [3.63, 3.8) is 0 Å². The van der Waals surface area contributed by atoms with Crippen LogP contribution in [0.15, 0.2) is 45.8 Å². The number of thioether (sulfide) groups is 1. The Labute approximate surface area is 233 Å². The van der Waals surface area contributed by atoms with Gasteiger partial charge in [-0.3, -0.25) is 24.1 Å². The van der Waals surface area contributed by atoms with Gasteiger partial charge in [-0.1, -0.05) is 12.1 Å². The monoisotopic (exact) mass is 601 g/mol. The van der Waals surface area contributed by atoms with E-state index in [0.717, 1.165) is 35.1 Å². The van der Waals surface area contributed by atoms with Gasteiger partial charge in [0, 0.05) is 18.8 Å². The number of likely N-dealkylation sites (tertiary alicyclic amines) is 1. The van der Waals surface area contributed by atoms with Gasteiger partial charge in [-0.2, -0.15) is 0 Å². The molecular formula is C27H28BrN3O6S. The first kappa shape index (κ1) is 27.7. The predicted molar refractivity (Wildman–Crippen MR) is 149 cm³/mol. The molecule has 38 heavy (non-hydrogen) atoms. The maximum atomic E-state index is 12.9. The Balaban J connectivity index is 1.46. The highest BCUT2D eigenvalue weighted by Crippen LogP contribution is 2.39. The van der Waals surface area contributed by atoms with Crippen molar-refractivity contribution in [1.29, 1.82) is 0 Å². The standard InChI is InChI=1S/C27H28BrN3O6S/c1-3-36-21-13-18(12-20(28)25(21)37-16-23(32)29-19-8-6-7-17(2)11-19)14-22-26(34)31(27(35)38-22)15-24(33)30-9-4-5-10-30/h6-8,11-14H,3-5,9-10,15-16H2,1-2H3,(H,29,32)/b22-14-. The smallest absolute Gasteiger partial charge is 0.294 e. The normalized spacial score (nSPS) is 16.3. The summed E-state index contributed by atoms with van der Waals surface area (Å²) in [5, 5.41) is 2.32. The lowest BCUT2D eigenvalue weighted by Gasteiger charge is -2.18. The number of hydrogen-bond acceptors (Lipinski definition) is 7. The molecule has 0 radical (unpaired) electrons. The second-order valence-electron chi connectivity index (χ2n) is 8.83. The SMILES string of the molecule is CCOc1cc(/C=C2\SC(=O)N(CC(=O)N3CCCC3)C2=O)cc(Br)c1OCC(=O)Nc1cccc(C)c1. The number of anilines is 1. The van der Waals surface area contributed by atoms with Crippen LogP contribution in [0.25, 0.3) is 6.08 Å². The lowest BCUT2D eigenvalue weighted by Crippen LogP contribution is -2.40. The third-order valence-corrected chi connectivity index (χ3v) is 7.40. The molecule has 2 aliphatic rings. The minimum absolute atomic E-state index is 0.213. The molecule has 2 aromatic rings. The Hall–Kier alpha value is -3.31. The second-order valence-corrected chi connectivity index (χ2v) is 10.7. The van der Waals surface area contributed by atoms with Crippen LogP contribution in [0.1, 0.15) is 30.9 Å². The van der Waals surface area contributed by atoms with Crippen molar-refractivity contribution < 1.29 is 28.7 Å². The number of halogens is 1. The van der Waals surface area contributed by atoms with E-state index in [1.54, 1.807) is 29.2 Å². The van der Waals surface area contributed by atoms with Gasteiger partial charge in [0.05, 0.1) is 16.0 Å². The van der Waals surface area contributed by atoms with Crippen molar-refractivity contribution in [3.8, 4) is 11.5 Å². The first-order valence-electron chi connectivity index (χ1n) is 12.2. The average Bonchev–Trinajstić information content (AvgIpc) is 3.49. The van der Waals surface area contributed by atoms with Crippen LogP contribution in [0, 0.1) is 6.92 Å². The van der Waals surface area contributed by atoms with Crippen LogP contribution in [-0.2, 0) is 14.4 Å². The number of amides is 4. The number of carbonyl (C=O) groups excluding carboxylic acids is 4. The Morgan fingerprint density at radius 2 is 1.89 bits per heavy atom. The molecule has 0 bridgehead atoms.